The summed E-state index contributed by atoms with van der Waals surface area (Å²) in [5.74, 6) is -2.96. The molecule has 10 heteroatoms. The number of benzene rings is 3. The lowest BCUT2D eigenvalue weighted by Gasteiger charge is -2.17. The highest BCUT2D eigenvalue weighted by molar-refractivity contribution is 6.28. The summed E-state index contributed by atoms with van der Waals surface area (Å²) in [4.78, 5) is 55.9. The summed E-state index contributed by atoms with van der Waals surface area (Å²) in [7, 11) is 0. The van der Waals surface area contributed by atoms with Gasteiger partial charge in [0.15, 0.2) is 30.4 Å². The zero-order valence-corrected chi connectivity index (χ0v) is 16.7. The molecule has 166 valence electrons. The van der Waals surface area contributed by atoms with Crippen LogP contribution in [0.15, 0.2) is 36.4 Å². The highest BCUT2D eigenvalue weighted by Crippen LogP contribution is 2.39. The van der Waals surface area contributed by atoms with E-state index in [-0.39, 0.29) is 30.4 Å². The predicted octanol–water partition coefficient (Wildman–Crippen LogP) is 1.87. The average molecular weight is 448 g/mol. The molecule has 0 aliphatic heterocycles. The van der Waals surface area contributed by atoms with E-state index in [1.54, 1.807) is 24.3 Å². The molecule has 0 saturated heterocycles. The molecule has 0 unspecified atom stereocenters. The van der Waals surface area contributed by atoms with Crippen LogP contribution in [0.4, 0.5) is 11.4 Å². The molecule has 0 spiro atoms. The maximum Gasteiger partial charge on any atom is 0.194 e. The van der Waals surface area contributed by atoms with Gasteiger partial charge in [0.25, 0.3) is 0 Å². The van der Waals surface area contributed by atoms with Crippen LogP contribution < -0.4 is 11.5 Å². The predicted molar refractivity (Wildman–Crippen MR) is 116 cm³/mol. The van der Waals surface area contributed by atoms with Crippen LogP contribution in [0.3, 0.4) is 0 Å². The van der Waals surface area contributed by atoms with Gasteiger partial charge in [-0.2, -0.15) is 0 Å². The molecule has 10 nitrogen and oxygen atoms in total. The molecule has 0 saturated carbocycles. The van der Waals surface area contributed by atoms with E-state index >= 15 is 0 Å². The number of phenols is 3. The number of fused-ring (bicyclic) bond motifs is 2. The van der Waals surface area contributed by atoms with Crippen molar-refractivity contribution in [2.24, 2.45) is 0 Å². The number of phenolic OH excluding ortho intramolecular Hbond substituents is 3. The van der Waals surface area contributed by atoms with Crippen LogP contribution >= 0.6 is 0 Å². The van der Waals surface area contributed by atoms with Crippen LogP contribution in [0.1, 0.15) is 62.9 Å². The summed E-state index contributed by atoms with van der Waals surface area (Å²) < 4.78 is 0. The number of hydrogen-bond donors (Lipinski definition) is 5. The first kappa shape index (κ1) is 22.7. The van der Waals surface area contributed by atoms with Crippen molar-refractivity contribution in [2.75, 3.05) is 11.5 Å². The lowest BCUT2D eigenvalue weighted by atomic mass is 9.83. The van der Waals surface area contributed by atoms with Crippen molar-refractivity contribution in [2.45, 2.75) is 0 Å². The van der Waals surface area contributed by atoms with Crippen molar-refractivity contribution in [3.63, 3.8) is 0 Å². The highest BCUT2D eigenvalue weighted by Gasteiger charge is 2.29. The van der Waals surface area contributed by atoms with Crippen molar-refractivity contribution in [3.8, 4) is 17.2 Å². The average Bonchev–Trinajstić information content (AvgIpc) is 2.78. The Morgan fingerprint density at radius 2 is 0.848 bits per heavy atom. The van der Waals surface area contributed by atoms with Crippen LogP contribution in [-0.4, -0.2) is 45.7 Å². The molecule has 0 heterocycles. The normalized spacial score (nSPS) is 11.5. The van der Waals surface area contributed by atoms with Gasteiger partial charge in [0.05, 0.1) is 16.7 Å². The Hall–Kier alpha value is -4.99. The first-order valence-electron chi connectivity index (χ1n) is 9.21. The Morgan fingerprint density at radius 3 is 1.12 bits per heavy atom. The second-order valence-electron chi connectivity index (χ2n) is 6.91. The highest BCUT2D eigenvalue weighted by atomic mass is 16.3. The zero-order chi connectivity index (χ0) is 24.4. The molecule has 0 radical (unpaired) electrons. The summed E-state index contributed by atoms with van der Waals surface area (Å²) in [6.45, 7) is 0. The van der Waals surface area contributed by atoms with Gasteiger partial charge in [0.2, 0.25) is 0 Å². The van der Waals surface area contributed by atoms with E-state index in [0.29, 0.717) is 33.6 Å². The van der Waals surface area contributed by atoms with Gasteiger partial charge in [0.1, 0.15) is 17.2 Å². The number of ketones is 2. The molecule has 1 aliphatic rings. The third kappa shape index (κ3) is 3.76. The van der Waals surface area contributed by atoms with Gasteiger partial charge in [0, 0.05) is 33.6 Å². The molecule has 0 atom stereocenters. The van der Waals surface area contributed by atoms with Gasteiger partial charge in [-0.05, 0) is 36.4 Å². The molecule has 0 fully saturated rings. The van der Waals surface area contributed by atoms with E-state index in [0.717, 1.165) is 0 Å². The zero-order valence-electron chi connectivity index (χ0n) is 16.7. The van der Waals surface area contributed by atoms with Gasteiger partial charge in [-0.25, -0.2) is 0 Å². The molecule has 0 aromatic heterocycles. The number of nitrogen functional groups attached to an aromatic ring is 2. The summed E-state index contributed by atoms with van der Waals surface area (Å²) >= 11 is 0. The SMILES string of the molecule is Nc1ccc2c(c1)C(=O)c1ccc(N)cc1C2=O.O=Cc1c(O)c(C=O)c(O)c(C=O)c1O. The number of carbonyl (C=O) groups excluding carboxylic acids is 5. The van der Waals surface area contributed by atoms with E-state index in [1.165, 1.54) is 12.1 Å². The number of hydrogen-bond acceptors (Lipinski definition) is 10. The minimum absolute atomic E-state index is 0.0735. The Labute approximate surface area is 185 Å². The van der Waals surface area contributed by atoms with Crippen molar-refractivity contribution in [3.05, 3.63) is 75.3 Å². The molecular formula is C23H16N2O8. The lowest BCUT2D eigenvalue weighted by molar-refractivity contribution is 0.0979. The maximum atomic E-state index is 12.3. The number of rotatable bonds is 3. The quantitative estimate of drug-likeness (QED) is 0.228. The van der Waals surface area contributed by atoms with Gasteiger partial charge in [-0.15, -0.1) is 0 Å². The van der Waals surface area contributed by atoms with Crippen LogP contribution in [0.5, 0.6) is 17.2 Å². The monoisotopic (exact) mass is 448 g/mol. The summed E-state index contributed by atoms with van der Waals surface area (Å²) in [5, 5.41) is 27.8. The number of anilines is 2. The molecule has 3 aromatic carbocycles. The standard InChI is InChI=1S/C14H10N2O2.C9H6O6/c15-7-1-3-9-11(5-7)14(18)10-4-2-8(16)6-12(10)13(9)17;10-1-4-7(13)5(2-11)9(15)6(3-12)8(4)14/h1-6H,15-16H2;1-3,13-15H. The van der Waals surface area contributed by atoms with E-state index in [2.05, 4.69) is 0 Å². The first-order valence-corrected chi connectivity index (χ1v) is 9.21. The summed E-state index contributed by atoms with van der Waals surface area (Å²) in [5.41, 5.74) is 11.9. The number of nitrogens with two attached hydrogens (primary N) is 2. The fraction of sp³-hybridized carbons (Fsp3) is 0. The van der Waals surface area contributed by atoms with Crippen molar-refractivity contribution < 1.29 is 39.3 Å². The lowest BCUT2D eigenvalue weighted by Crippen LogP contribution is -2.21. The maximum absolute atomic E-state index is 12.3. The second kappa shape index (κ2) is 8.63. The molecule has 33 heavy (non-hydrogen) atoms. The largest absolute Gasteiger partial charge is 0.506 e. The summed E-state index contributed by atoms with van der Waals surface area (Å²) in [6, 6.07) is 9.46. The molecular weight excluding hydrogens is 432 g/mol. The fourth-order valence-corrected chi connectivity index (χ4v) is 3.29. The second-order valence-corrected chi connectivity index (χ2v) is 6.91. The molecule has 0 amide bonds. The van der Waals surface area contributed by atoms with Crippen LogP contribution in [0.2, 0.25) is 0 Å². The Bertz CT molecular complexity index is 1210. The van der Waals surface area contributed by atoms with E-state index < -0.39 is 33.9 Å². The molecule has 3 aromatic rings. The number of carbonyl (C=O) groups is 5. The van der Waals surface area contributed by atoms with Crippen LogP contribution in [-0.2, 0) is 0 Å². The van der Waals surface area contributed by atoms with Gasteiger partial charge in [-0.1, -0.05) is 0 Å². The molecule has 4 rings (SSSR count). The van der Waals surface area contributed by atoms with Crippen LogP contribution in [0.25, 0.3) is 0 Å². The van der Waals surface area contributed by atoms with Crippen molar-refractivity contribution in [1.82, 2.24) is 0 Å². The van der Waals surface area contributed by atoms with E-state index in [1.807, 2.05) is 0 Å². The minimum Gasteiger partial charge on any atom is -0.506 e. The summed E-state index contributed by atoms with van der Waals surface area (Å²) in [6.07, 6.45) is 0.221. The Balaban J connectivity index is 0.000000190. The third-order valence-electron chi connectivity index (χ3n) is 4.95. The van der Waals surface area contributed by atoms with Crippen molar-refractivity contribution in [1.29, 1.82) is 0 Å². The molecule has 1 aliphatic carbocycles. The molecule has 0 bridgehead atoms. The van der Waals surface area contributed by atoms with Gasteiger partial charge >= 0.3 is 0 Å². The van der Waals surface area contributed by atoms with Gasteiger partial charge in [-0.3, -0.25) is 24.0 Å². The minimum atomic E-state index is -0.861. The fourth-order valence-electron chi connectivity index (χ4n) is 3.29. The van der Waals surface area contributed by atoms with Crippen molar-refractivity contribution >= 4 is 41.8 Å². The van der Waals surface area contributed by atoms with Crippen LogP contribution in [0, 0.1) is 0 Å². The third-order valence-corrected chi connectivity index (χ3v) is 4.95. The smallest absolute Gasteiger partial charge is 0.194 e. The Morgan fingerprint density at radius 1 is 0.545 bits per heavy atom. The first-order chi connectivity index (χ1) is 15.7. The van der Waals surface area contributed by atoms with Gasteiger partial charge < -0.3 is 26.8 Å². The van der Waals surface area contributed by atoms with E-state index in [4.69, 9.17) is 11.5 Å². The van der Waals surface area contributed by atoms with E-state index in [9.17, 15) is 39.3 Å². The number of aldehydes is 3. The number of aromatic hydroxyl groups is 3. The molecule has 7 N–H and O–H groups in total. The Kier molecular flexibility index (Phi) is 5.93. The topological polar surface area (TPSA) is 198 Å².